The molecular formula is C18H15Br2N2P. The van der Waals surface area contributed by atoms with Gasteiger partial charge < -0.3 is 0 Å². The number of halogens is 2. The maximum Gasteiger partial charge on any atom is 0.0741 e. The van der Waals surface area contributed by atoms with Crippen LogP contribution in [0.5, 0.6) is 0 Å². The molecule has 0 N–H and O–H groups in total. The van der Waals surface area contributed by atoms with Crippen LogP contribution in [-0.4, -0.2) is 9.97 Å². The van der Waals surface area contributed by atoms with Crippen molar-refractivity contribution in [2.24, 2.45) is 0 Å². The van der Waals surface area contributed by atoms with Crippen LogP contribution in [0.2, 0.25) is 0 Å². The number of hydrogen-bond acceptors (Lipinski definition) is 2. The second-order valence-corrected chi connectivity index (χ2v) is 8.96. The minimum atomic E-state index is -0.767. The highest BCUT2D eigenvalue weighted by Crippen LogP contribution is 2.32. The van der Waals surface area contributed by atoms with Crippen molar-refractivity contribution < 1.29 is 0 Å². The summed E-state index contributed by atoms with van der Waals surface area (Å²) >= 11 is 7.07. The zero-order valence-corrected chi connectivity index (χ0v) is 16.9. The largest absolute Gasteiger partial charge is 0.251 e. The van der Waals surface area contributed by atoms with Crippen molar-refractivity contribution in [1.29, 1.82) is 0 Å². The van der Waals surface area contributed by atoms with Gasteiger partial charge in [0.15, 0.2) is 0 Å². The molecule has 0 radical (unpaired) electrons. The van der Waals surface area contributed by atoms with Crippen LogP contribution in [0.4, 0.5) is 0 Å². The molecule has 3 aromatic rings. The Balaban J connectivity index is 2.17. The fourth-order valence-corrected chi connectivity index (χ4v) is 4.89. The Morgan fingerprint density at radius 2 is 1.17 bits per heavy atom. The lowest BCUT2D eigenvalue weighted by Crippen LogP contribution is -2.25. The average Bonchev–Trinajstić information content (AvgIpc) is 2.55. The molecule has 0 saturated heterocycles. The minimum Gasteiger partial charge on any atom is -0.251 e. The van der Waals surface area contributed by atoms with Crippen LogP contribution in [0.15, 0.2) is 63.5 Å². The first kappa shape index (κ1) is 16.8. The summed E-state index contributed by atoms with van der Waals surface area (Å²) in [4.78, 5) is 9.62. The Labute approximate surface area is 154 Å². The lowest BCUT2D eigenvalue weighted by molar-refractivity contribution is 1.21. The Hall–Kier alpha value is -1.09. The van der Waals surface area contributed by atoms with Gasteiger partial charge in [-0.1, -0.05) is 30.3 Å². The van der Waals surface area contributed by atoms with Crippen molar-refractivity contribution in [3.8, 4) is 0 Å². The van der Waals surface area contributed by atoms with Crippen molar-refractivity contribution in [2.45, 2.75) is 13.8 Å². The molecule has 2 aromatic heterocycles. The molecule has 23 heavy (non-hydrogen) atoms. The number of hydrogen-bond donors (Lipinski definition) is 0. The quantitative estimate of drug-likeness (QED) is 0.554. The van der Waals surface area contributed by atoms with E-state index in [2.05, 4.69) is 80.4 Å². The summed E-state index contributed by atoms with van der Waals surface area (Å²) in [6.07, 6.45) is 0. The van der Waals surface area contributed by atoms with Gasteiger partial charge in [-0.15, -0.1) is 0 Å². The average molecular weight is 450 g/mol. The van der Waals surface area contributed by atoms with Crippen molar-refractivity contribution in [1.82, 2.24) is 9.97 Å². The Morgan fingerprint density at radius 1 is 0.696 bits per heavy atom. The maximum atomic E-state index is 4.81. The summed E-state index contributed by atoms with van der Waals surface area (Å²) in [5, 5.41) is 1.26. The molecule has 0 atom stereocenters. The molecule has 0 spiro atoms. The minimum absolute atomic E-state index is 0.767. The molecule has 0 amide bonds. The number of pyridine rings is 2. The zero-order valence-electron chi connectivity index (χ0n) is 12.8. The molecular weight excluding hydrogens is 435 g/mol. The number of rotatable bonds is 3. The summed E-state index contributed by atoms with van der Waals surface area (Å²) in [5.41, 5.74) is 4.14. The van der Waals surface area contributed by atoms with Crippen LogP contribution >= 0.6 is 39.8 Å². The summed E-state index contributed by atoms with van der Waals surface area (Å²) in [6, 6.07) is 18.8. The van der Waals surface area contributed by atoms with Crippen LogP contribution in [0.3, 0.4) is 0 Å². The van der Waals surface area contributed by atoms with Crippen LogP contribution < -0.4 is 16.2 Å². The number of aryl methyl sites for hydroxylation is 2. The molecule has 0 aliphatic heterocycles. The van der Waals surface area contributed by atoms with Gasteiger partial charge in [-0.25, -0.2) is 0 Å². The third kappa shape index (κ3) is 3.71. The van der Waals surface area contributed by atoms with Gasteiger partial charge >= 0.3 is 0 Å². The fraction of sp³-hybridized carbons (Fsp3) is 0.111. The van der Waals surface area contributed by atoms with Gasteiger partial charge in [-0.05, 0) is 75.3 Å². The van der Waals surface area contributed by atoms with Gasteiger partial charge in [0.25, 0.3) is 0 Å². The molecule has 116 valence electrons. The molecule has 0 bridgehead atoms. The van der Waals surface area contributed by atoms with Crippen molar-refractivity contribution in [3.05, 3.63) is 74.9 Å². The molecule has 0 unspecified atom stereocenters. The van der Waals surface area contributed by atoms with E-state index in [0.717, 1.165) is 31.2 Å². The SMILES string of the molecule is Cc1nc(P(c2ccccc2)c2ccc(Br)c(C)n2)ccc1Br. The number of benzene rings is 1. The molecule has 2 heterocycles. The maximum absolute atomic E-state index is 4.81. The van der Waals surface area contributed by atoms with Crippen molar-refractivity contribution in [3.63, 3.8) is 0 Å². The van der Waals surface area contributed by atoms with Crippen LogP contribution in [0, 0.1) is 13.8 Å². The zero-order chi connectivity index (χ0) is 16.4. The smallest absolute Gasteiger partial charge is 0.0741 e. The summed E-state index contributed by atoms with van der Waals surface area (Å²) < 4.78 is 2.06. The van der Waals surface area contributed by atoms with Gasteiger partial charge in [0.05, 0.1) is 22.3 Å². The van der Waals surface area contributed by atoms with Crippen LogP contribution in [-0.2, 0) is 0 Å². The van der Waals surface area contributed by atoms with Crippen LogP contribution in [0.25, 0.3) is 0 Å². The van der Waals surface area contributed by atoms with Crippen molar-refractivity contribution >= 4 is 56.0 Å². The van der Waals surface area contributed by atoms with Gasteiger partial charge in [-0.2, -0.15) is 0 Å². The first-order valence-corrected chi connectivity index (χ1v) is 10.1. The van der Waals surface area contributed by atoms with E-state index in [1.54, 1.807) is 0 Å². The van der Waals surface area contributed by atoms with Gasteiger partial charge in [0.1, 0.15) is 0 Å². The standard InChI is InChI=1S/C18H15Br2N2P/c1-12-15(19)8-10-17(21-12)23(14-6-4-3-5-7-14)18-11-9-16(20)13(2)22-18/h3-11H,1-2H3. The molecule has 3 rings (SSSR count). The monoisotopic (exact) mass is 448 g/mol. The van der Waals surface area contributed by atoms with E-state index in [0.29, 0.717) is 0 Å². The molecule has 0 aliphatic rings. The third-order valence-corrected chi connectivity index (χ3v) is 7.39. The lowest BCUT2D eigenvalue weighted by atomic mass is 10.4. The van der Waals surface area contributed by atoms with E-state index in [1.807, 2.05) is 19.9 Å². The van der Waals surface area contributed by atoms with Gasteiger partial charge in [0.2, 0.25) is 0 Å². The Morgan fingerprint density at radius 3 is 1.61 bits per heavy atom. The van der Waals surface area contributed by atoms with Crippen molar-refractivity contribution in [2.75, 3.05) is 0 Å². The van der Waals surface area contributed by atoms with E-state index < -0.39 is 7.92 Å². The molecule has 2 nitrogen and oxygen atoms in total. The summed E-state index contributed by atoms with van der Waals surface area (Å²) in [6.45, 7) is 4.04. The highest BCUT2D eigenvalue weighted by Gasteiger charge is 2.20. The highest BCUT2D eigenvalue weighted by molar-refractivity contribution is 9.10. The van der Waals surface area contributed by atoms with Gasteiger partial charge in [-0.3, -0.25) is 9.97 Å². The first-order valence-electron chi connectivity index (χ1n) is 7.18. The second-order valence-electron chi connectivity index (χ2n) is 5.14. The second kappa shape index (κ2) is 7.21. The van der Waals surface area contributed by atoms with E-state index in [9.17, 15) is 0 Å². The molecule has 0 saturated carbocycles. The number of aromatic nitrogens is 2. The predicted octanol–water partition coefficient (Wildman–Crippen LogP) is 4.38. The summed E-state index contributed by atoms with van der Waals surface area (Å²) in [5.74, 6) is 0. The van der Waals surface area contributed by atoms with E-state index in [4.69, 9.17) is 9.97 Å². The fourth-order valence-electron chi connectivity index (χ4n) is 2.27. The van der Waals surface area contributed by atoms with Gasteiger partial charge in [0, 0.05) is 16.9 Å². The third-order valence-electron chi connectivity index (χ3n) is 3.49. The summed E-state index contributed by atoms with van der Waals surface area (Å²) in [7, 11) is -0.767. The lowest BCUT2D eigenvalue weighted by Gasteiger charge is -2.18. The van der Waals surface area contributed by atoms with E-state index in [-0.39, 0.29) is 0 Å². The normalized spacial score (nSPS) is 11.0. The number of nitrogens with zero attached hydrogens (tertiary/aromatic N) is 2. The Bertz CT molecular complexity index is 786. The topological polar surface area (TPSA) is 25.8 Å². The van der Waals surface area contributed by atoms with E-state index in [1.165, 1.54) is 5.30 Å². The Kier molecular flexibility index (Phi) is 5.25. The molecule has 0 aliphatic carbocycles. The van der Waals surface area contributed by atoms with Crippen LogP contribution in [0.1, 0.15) is 11.4 Å². The molecule has 5 heteroatoms. The van der Waals surface area contributed by atoms with E-state index >= 15 is 0 Å². The first-order chi connectivity index (χ1) is 11.1. The predicted molar refractivity (Wildman–Crippen MR) is 106 cm³/mol. The molecule has 0 fully saturated rings. The highest BCUT2D eigenvalue weighted by atomic mass is 79.9. The molecule has 1 aromatic carbocycles.